The molecule has 1 aliphatic rings. The number of rotatable bonds is 4. The molecule has 0 saturated carbocycles. The second kappa shape index (κ2) is 4.39. The molecule has 13 heavy (non-hydrogen) atoms. The third-order valence-electron chi connectivity index (χ3n) is 2.18. The van der Waals surface area contributed by atoms with Gasteiger partial charge in [-0.15, -0.1) is 0 Å². The lowest BCUT2D eigenvalue weighted by molar-refractivity contribution is 0.109. The monoisotopic (exact) mass is 182 g/mol. The van der Waals surface area contributed by atoms with Crippen LogP contribution >= 0.6 is 0 Å². The molecule has 1 saturated heterocycles. The highest BCUT2D eigenvalue weighted by atomic mass is 16.5. The third-order valence-corrected chi connectivity index (χ3v) is 2.18. The second-order valence-corrected chi connectivity index (χ2v) is 3.23. The molecule has 0 radical (unpaired) electrons. The molecule has 0 bridgehead atoms. The van der Waals surface area contributed by atoms with Crippen LogP contribution in [0.1, 0.15) is 18.6 Å². The molecule has 0 amide bonds. The van der Waals surface area contributed by atoms with Crippen LogP contribution in [0.25, 0.3) is 0 Å². The summed E-state index contributed by atoms with van der Waals surface area (Å²) >= 11 is 0. The van der Waals surface area contributed by atoms with Gasteiger partial charge in [0.05, 0.1) is 18.8 Å². The van der Waals surface area contributed by atoms with Gasteiger partial charge in [-0.05, 0) is 12.8 Å². The molecule has 1 N–H and O–H groups in total. The van der Waals surface area contributed by atoms with Crippen molar-refractivity contribution in [3.63, 3.8) is 0 Å². The second-order valence-electron chi connectivity index (χ2n) is 3.23. The molecule has 1 atom stereocenters. The lowest BCUT2D eigenvalue weighted by atomic mass is 10.2. The Morgan fingerprint density at radius 2 is 2.62 bits per heavy atom. The van der Waals surface area contributed by atoms with Crippen molar-refractivity contribution >= 4 is 0 Å². The number of nitrogens with zero attached hydrogens (tertiary/aromatic N) is 1. The van der Waals surface area contributed by atoms with Crippen LogP contribution in [0.15, 0.2) is 17.0 Å². The van der Waals surface area contributed by atoms with Crippen molar-refractivity contribution in [3.8, 4) is 0 Å². The molecule has 1 aliphatic heterocycles. The summed E-state index contributed by atoms with van der Waals surface area (Å²) in [5, 5.41) is 3.27. The molecule has 72 valence electrons. The number of nitrogens with one attached hydrogen (secondary N) is 1. The van der Waals surface area contributed by atoms with E-state index in [9.17, 15) is 0 Å². The first-order valence-electron chi connectivity index (χ1n) is 4.65. The molecular weight excluding hydrogens is 168 g/mol. The van der Waals surface area contributed by atoms with E-state index in [0.29, 0.717) is 6.10 Å². The topological polar surface area (TPSA) is 47.3 Å². The van der Waals surface area contributed by atoms with Crippen LogP contribution in [-0.4, -0.2) is 24.2 Å². The van der Waals surface area contributed by atoms with Gasteiger partial charge in [-0.3, -0.25) is 0 Å². The SMILES string of the molecule is c1ncc(CNCC2CCCO2)o1. The van der Waals surface area contributed by atoms with E-state index in [1.54, 1.807) is 6.20 Å². The summed E-state index contributed by atoms with van der Waals surface area (Å²) < 4.78 is 10.5. The van der Waals surface area contributed by atoms with Gasteiger partial charge in [-0.2, -0.15) is 0 Å². The fraction of sp³-hybridized carbons (Fsp3) is 0.667. The minimum atomic E-state index is 0.392. The molecular formula is C9H14N2O2. The number of ether oxygens (including phenoxy) is 1. The molecule has 0 aliphatic carbocycles. The predicted octanol–water partition coefficient (Wildman–Crippen LogP) is 0.943. The minimum absolute atomic E-state index is 0.392. The fourth-order valence-corrected chi connectivity index (χ4v) is 1.49. The molecule has 2 rings (SSSR count). The van der Waals surface area contributed by atoms with E-state index in [1.807, 2.05) is 0 Å². The van der Waals surface area contributed by atoms with Gasteiger partial charge >= 0.3 is 0 Å². The van der Waals surface area contributed by atoms with Gasteiger partial charge in [0.15, 0.2) is 6.39 Å². The van der Waals surface area contributed by atoms with Crippen molar-refractivity contribution in [2.75, 3.05) is 13.2 Å². The molecule has 0 aromatic carbocycles. The van der Waals surface area contributed by atoms with E-state index in [0.717, 1.165) is 25.5 Å². The van der Waals surface area contributed by atoms with E-state index in [-0.39, 0.29) is 0 Å². The number of hydrogen-bond acceptors (Lipinski definition) is 4. The van der Waals surface area contributed by atoms with E-state index in [4.69, 9.17) is 9.15 Å². The molecule has 1 aromatic heterocycles. The standard InChI is InChI=1S/C9H14N2O2/c1-2-8(12-3-1)4-10-5-9-6-11-7-13-9/h6-8,10H,1-5H2. The van der Waals surface area contributed by atoms with Crippen molar-refractivity contribution < 1.29 is 9.15 Å². The summed E-state index contributed by atoms with van der Waals surface area (Å²) in [5.74, 6) is 0.873. The van der Waals surface area contributed by atoms with Crippen molar-refractivity contribution in [2.24, 2.45) is 0 Å². The summed E-state index contributed by atoms with van der Waals surface area (Å²) in [5.41, 5.74) is 0. The summed E-state index contributed by atoms with van der Waals surface area (Å²) in [6.45, 7) is 2.55. The molecule has 4 nitrogen and oxygen atoms in total. The predicted molar refractivity (Wildman–Crippen MR) is 47.2 cm³/mol. The Labute approximate surface area is 77.3 Å². The van der Waals surface area contributed by atoms with Gasteiger partial charge in [0, 0.05) is 13.2 Å². The zero-order chi connectivity index (χ0) is 8.93. The first-order valence-corrected chi connectivity index (χ1v) is 4.65. The van der Waals surface area contributed by atoms with Gasteiger partial charge in [0.2, 0.25) is 0 Å². The van der Waals surface area contributed by atoms with Gasteiger partial charge < -0.3 is 14.5 Å². The van der Waals surface area contributed by atoms with Crippen molar-refractivity contribution in [1.82, 2.24) is 10.3 Å². The van der Waals surface area contributed by atoms with Crippen molar-refractivity contribution in [2.45, 2.75) is 25.5 Å². The number of hydrogen-bond donors (Lipinski definition) is 1. The van der Waals surface area contributed by atoms with E-state index < -0.39 is 0 Å². The van der Waals surface area contributed by atoms with Gasteiger partial charge in [-0.1, -0.05) is 0 Å². The quantitative estimate of drug-likeness (QED) is 0.753. The highest BCUT2D eigenvalue weighted by Gasteiger charge is 2.14. The van der Waals surface area contributed by atoms with Crippen LogP contribution in [-0.2, 0) is 11.3 Å². The Hall–Kier alpha value is -0.870. The third kappa shape index (κ3) is 2.54. The van der Waals surface area contributed by atoms with Gasteiger partial charge in [-0.25, -0.2) is 4.98 Å². The van der Waals surface area contributed by atoms with E-state index in [2.05, 4.69) is 10.3 Å². The Bertz CT molecular complexity index is 230. The first-order chi connectivity index (χ1) is 6.45. The van der Waals surface area contributed by atoms with E-state index in [1.165, 1.54) is 19.2 Å². The maximum atomic E-state index is 5.46. The maximum Gasteiger partial charge on any atom is 0.180 e. The van der Waals surface area contributed by atoms with Crippen LogP contribution in [0.5, 0.6) is 0 Å². The van der Waals surface area contributed by atoms with Gasteiger partial charge in [0.25, 0.3) is 0 Å². The minimum Gasteiger partial charge on any atom is -0.447 e. The average Bonchev–Trinajstić information content (AvgIpc) is 2.75. The Kier molecular flexibility index (Phi) is 2.94. The highest BCUT2D eigenvalue weighted by Crippen LogP contribution is 2.10. The number of aromatic nitrogens is 1. The fourth-order valence-electron chi connectivity index (χ4n) is 1.49. The Morgan fingerprint density at radius 3 is 3.31 bits per heavy atom. The summed E-state index contributed by atoms with van der Waals surface area (Å²) in [7, 11) is 0. The summed E-state index contributed by atoms with van der Waals surface area (Å²) in [6, 6.07) is 0. The molecule has 1 unspecified atom stereocenters. The highest BCUT2D eigenvalue weighted by molar-refractivity contribution is 4.87. The smallest absolute Gasteiger partial charge is 0.180 e. The van der Waals surface area contributed by atoms with Crippen LogP contribution in [0, 0.1) is 0 Å². The van der Waals surface area contributed by atoms with Crippen LogP contribution < -0.4 is 5.32 Å². The zero-order valence-corrected chi connectivity index (χ0v) is 7.53. The molecule has 2 heterocycles. The summed E-state index contributed by atoms with van der Waals surface area (Å²) in [4.78, 5) is 3.83. The van der Waals surface area contributed by atoms with Gasteiger partial charge in [0.1, 0.15) is 5.76 Å². The molecule has 4 heteroatoms. The zero-order valence-electron chi connectivity index (χ0n) is 7.53. The van der Waals surface area contributed by atoms with Crippen LogP contribution in [0.3, 0.4) is 0 Å². The van der Waals surface area contributed by atoms with Crippen LogP contribution in [0.2, 0.25) is 0 Å². The first kappa shape index (κ1) is 8.72. The Morgan fingerprint density at radius 1 is 1.62 bits per heavy atom. The summed E-state index contributed by atoms with van der Waals surface area (Å²) in [6.07, 6.45) is 5.92. The Balaban J connectivity index is 1.63. The molecule has 0 spiro atoms. The van der Waals surface area contributed by atoms with Crippen molar-refractivity contribution in [1.29, 1.82) is 0 Å². The molecule has 1 aromatic rings. The lowest BCUT2D eigenvalue weighted by Gasteiger charge is -2.08. The average molecular weight is 182 g/mol. The molecule has 1 fully saturated rings. The largest absolute Gasteiger partial charge is 0.447 e. The van der Waals surface area contributed by atoms with Crippen molar-refractivity contribution in [3.05, 3.63) is 18.4 Å². The number of oxazole rings is 1. The van der Waals surface area contributed by atoms with Crippen LogP contribution in [0.4, 0.5) is 0 Å². The van der Waals surface area contributed by atoms with E-state index >= 15 is 0 Å². The normalized spacial score (nSPS) is 22.3. The maximum absolute atomic E-state index is 5.46. The lowest BCUT2D eigenvalue weighted by Crippen LogP contribution is -2.25.